The predicted molar refractivity (Wildman–Crippen MR) is 40.7 cm³/mol. The maximum Gasteiger partial charge on any atom is 0.0353 e. The second-order valence-electron chi connectivity index (χ2n) is 2.28. The van der Waals surface area contributed by atoms with Crippen LogP contribution in [0.5, 0.6) is 0 Å². The van der Waals surface area contributed by atoms with Crippen LogP contribution in [0.15, 0.2) is 0 Å². The average Bonchev–Trinajstić information content (AvgIpc) is 2.79. The van der Waals surface area contributed by atoms with Crippen molar-refractivity contribution in [1.29, 1.82) is 0 Å². The molecule has 0 saturated carbocycles. The van der Waals surface area contributed by atoms with Gasteiger partial charge < -0.3 is 11.0 Å². The average molecular weight is 160 g/mol. The van der Waals surface area contributed by atoms with E-state index in [1.54, 1.807) is 7.05 Å². The fraction of sp³-hybridized carbons (Fsp3) is 1.00. The van der Waals surface area contributed by atoms with Crippen LogP contribution in [-0.2, 0) is 4.94 Å². The molecule has 1 aliphatic rings. The molecule has 0 aromatic carbocycles. The number of rotatable bonds is 6. The number of nitrogens with one attached hydrogen (secondary N) is 3. The number of hydroxylamine groups is 2. The van der Waals surface area contributed by atoms with E-state index in [0.29, 0.717) is 13.1 Å². The van der Waals surface area contributed by atoms with Crippen molar-refractivity contribution in [2.45, 2.75) is 0 Å². The van der Waals surface area contributed by atoms with Crippen LogP contribution in [0.4, 0.5) is 0 Å². The molecule has 0 amide bonds. The topological polar surface area (TPSA) is 63.3 Å². The molecule has 1 fully saturated rings. The van der Waals surface area contributed by atoms with Gasteiger partial charge in [0.2, 0.25) is 0 Å². The van der Waals surface area contributed by atoms with Crippen molar-refractivity contribution in [3.05, 3.63) is 5.84 Å². The molecule has 0 atom stereocenters. The van der Waals surface area contributed by atoms with Crippen LogP contribution in [-0.4, -0.2) is 43.4 Å². The Morgan fingerprint density at radius 3 is 2.91 bits per heavy atom. The van der Waals surface area contributed by atoms with Crippen molar-refractivity contribution in [3.63, 3.8) is 0 Å². The maximum absolute atomic E-state index is 7.37. The van der Waals surface area contributed by atoms with Crippen molar-refractivity contribution in [2.75, 3.05) is 33.2 Å². The van der Waals surface area contributed by atoms with Gasteiger partial charge in [-0.15, -0.1) is 0 Å². The van der Waals surface area contributed by atoms with Crippen LogP contribution in [0.2, 0.25) is 0 Å². The molecule has 11 heavy (non-hydrogen) atoms. The molecule has 1 saturated heterocycles. The minimum Gasteiger partial charge on any atom is -0.595 e. The number of hydrogen-bond donors (Lipinski definition) is 2. The predicted octanol–water partition coefficient (Wildman–Crippen LogP) is -0.858. The van der Waals surface area contributed by atoms with E-state index in [1.165, 1.54) is 5.12 Å². The lowest BCUT2D eigenvalue weighted by atomic mass is 10.7. The van der Waals surface area contributed by atoms with Crippen molar-refractivity contribution >= 4 is 0 Å². The van der Waals surface area contributed by atoms with Gasteiger partial charge in [0.15, 0.2) is 0 Å². The molecule has 6 nitrogen and oxygen atoms in total. The number of nitrogens with zero attached hydrogens (tertiary/aromatic N) is 2. The zero-order valence-corrected chi connectivity index (χ0v) is 6.63. The Bertz CT molecular complexity index is 107. The summed E-state index contributed by atoms with van der Waals surface area (Å²) < 4.78 is 0. The molecule has 66 valence electrons. The van der Waals surface area contributed by atoms with Gasteiger partial charge in [0.05, 0.1) is 0 Å². The van der Waals surface area contributed by atoms with E-state index in [2.05, 4.69) is 15.9 Å². The normalized spacial score (nSPS) is 17.7. The number of hydrazine groups is 1. The third-order valence-electron chi connectivity index (χ3n) is 1.36. The molecule has 0 unspecified atom stereocenters. The van der Waals surface area contributed by atoms with Gasteiger partial charge in [-0.2, -0.15) is 11.0 Å². The summed E-state index contributed by atoms with van der Waals surface area (Å²) >= 11 is 0. The molecule has 0 aliphatic carbocycles. The molecule has 1 heterocycles. The molecule has 3 N–H and O–H groups in total. The highest BCUT2D eigenvalue weighted by Gasteiger charge is 2.17. The lowest BCUT2D eigenvalue weighted by Crippen LogP contribution is -2.32. The second kappa shape index (κ2) is 4.60. The first-order valence-corrected chi connectivity index (χ1v) is 3.63. The third kappa shape index (κ3) is 3.61. The van der Waals surface area contributed by atoms with Crippen molar-refractivity contribution in [1.82, 2.24) is 21.1 Å². The summed E-state index contributed by atoms with van der Waals surface area (Å²) in [6.07, 6.45) is 0. The van der Waals surface area contributed by atoms with Crippen molar-refractivity contribution in [3.8, 4) is 0 Å². The Morgan fingerprint density at radius 2 is 2.36 bits per heavy atom. The quantitative estimate of drug-likeness (QED) is 0.301. The molecule has 0 bridgehead atoms. The number of hydrogen-bond acceptors (Lipinski definition) is 5. The highest BCUT2D eigenvalue weighted by atomic mass is 16.8. The van der Waals surface area contributed by atoms with Crippen LogP contribution >= 0.6 is 0 Å². The van der Waals surface area contributed by atoms with Gasteiger partial charge >= 0.3 is 0 Å². The summed E-state index contributed by atoms with van der Waals surface area (Å²) in [6.45, 7) is 3.30. The lowest BCUT2D eigenvalue weighted by Gasteiger charge is -2.26. The maximum atomic E-state index is 7.37. The lowest BCUT2D eigenvalue weighted by molar-refractivity contribution is -0.0309. The fourth-order valence-corrected chi connectivity index (χ4v) is 0.702. The molecule has 0 radical (unpaired) electrons. The Balaban J connectivity index is 1.85. The largest absolute Gasteiger partial charge is 0.595 e. The minimum absolute atomic E-state index is 0.640. The fourth-order valence-electron chi connectivity index (χ4n) is 0.702. The van der Waals surface area contributed by atoms with Gasteiger partial charge in [-0.1, -0.05) is 0 Å². The first-order chi connectivity index (χ1) is 5.34. The van der Waals surface area contributed by atoms with Crippen LogP contribution in [0.3, 0.4) is 0 Å². The van der Waals surface area contributed by atoms with Gasteiger partial charge in [-0.25, -0.2) is 4.94 Å². The van der Waals surface area contributed by atoms with E-state index in [4.69, 9.17) is 5.84 Å². The Morgan fingerprint density at radius 1 is 1.64 bits per heavy atom. The van der Waals surface area contributed by atoms with E-state index in [0.717, 1.165) is 13.1 Å². The monoisotopic (exact) mass is 160 g/mol. The standard InChI is InChI=1S/C5H14N5O/c1-7-11-8-2-3-10(6)9-4-5-9/h6-8H,2-5H2,1H3/q-1. The van der Waals surface area contributed by atoms with E-state index in [9.17, 15) is 0 Å². The summed E-state index contributed by atoms with van der Waals surface area (Å²) in [7, 11) is 1.68. The summed E-state index contributed by atoms with van der Waals surface area (Å²) in [4.78, 5) is 4.66. The van der Waals surface area contributed by atoms with E-state index >= 15 is 0 Å². The molecule has 1 rings (SSSR count). The second-order valence-corrected chi connectivity index (χ2v) is 2.28. The molecule has 0 aromatic heterocycles. The van der Waals surface area contributed by atoms with Crippen LogP contribution < -0.4 is 11.0 Å². The molecular weight excluding hydrogens is 146 g/mol. The van der Waals surface area contributed by atoms with Gasteiger partial charge in [0.25, 0.3) is 0 Å². The molecular formula is C5H14N5O-. The van der Waals surface area contributed by atoms with Crippen molar-refractivity contribution < 1.29 is 4.94 Å². The van der Waals surface area contributed by atoms with E-state index < -0.39 is 0 Å². The molecule has 1 aliphatic heterocycles. The molecule has 6 heteroatoms. The zero-order chi connectivity index (χ0) is 8.10. The van der Waals surface area contributed by atoms with Gasteiger partial charge in [-0.3, -0.25) is 5.01 Å². The SMILES string of the molecule is CNONCCN([NH-])N1CC1. The van der Waals surface area contributed by atoms with Crippen LogP contribution in [0.25, 0.3) is 5.84 Å². The van der Waals surface area contributed by atoms with Crippen LogP contribution in [0, 0.1) is 0 Å². The highest BCUT2D eigenvalue weighted by Crippen LogP contribution is 2.07. The van der Waals surface area contributed by atoms with Gasteiger partial charge in [0.1, 0.15) is 0 Å². The molecule has 0 aromatic rings. The van der Waals surface area contributed by atoms with E-state index in [1.807, 2.05) is 5.01 Å². The summed E-state index contributed by atoms with van der Waals surface area (Å²) in [5.41, 5.74) is 5.13. The highest BCUT2D eigenvalue weighted by molar-refractivity contribution is 4.70. The summed E-state index contributed by atoms with van der Waals surface area (Å²) in [6, 6.07) is 0. The zero-order valence-electron chi connectivity index (χ0n) is 6.63. The van der Waals surface area contributed by atoms with Gasteiger partial charge in [-0.05, 0) is 0 Å². The smallest absolute Gasteiger partial charge is 0.0353 e. The van der Waals surface area contributed by atoms with Crippen molar-refractivity contribution in [2.24, 2.45) is 0 Å². The van der Waals surface area contributed by atoms with E-state index in [-0.39, 0.29) is 0 Å². The van der Waals surface area contributed by atoms with Gasteiger partial charge in [0, 0.05) is 33.2 Å². The minimum atomic E-state index is 0.640. The molecule has 0 spiro atoms. The summed E-state index contributed by atoms with van der Waals surface area (Å²) in [5, 5.41) is 3.37. The van der Waals surface area contributed by atoms with Crippen LogP contribution in [0.1, 0.15) is 0 Å². The third-order valence-corrected chi connectivity index (χ3v) is 1.36. The summed E-state index contributed by atoms with van der Waals surface area (Å²) in [5.74, 6) is 7.37. The Kier molecular flexibility index (Phi) is 3.70. The first kappa shape index (κ1) is 8.85. The Hall–Kier alpha value is -0.240. The first-order valence-electron chi connectivity index (χ1n) is 3.63. The Labute approximate surface area is 66.1 Å².